The first-order chi connectivity index (χ1) is 8.15. The standard InChI is InChI=1S/C11H20N4O2/c1-8-3-2-4-9(7-8)10(11(16)17)13-5-6-14-15-12/h8-10,13H,2-7H2,1H3,(H,16,17). The summed E-state index contributed by atoms with van der Waals surface area (Å²) in [5.41, 5.74) is 8.14. The van der Waals surface area contributed by atoms with Gasteiger partial charge in [-0.15, -0.1) is 0 Å². The molecule has 0 bridgehead atoms. The third kappa shape index (κ3) is 4.63. The van der Waals surface area contributed by atoms with Crippen molar-refractivity contribution in [3.63, 3.8) is 0 Å². The highest BCUT2D eigenvalue weighted by molar-refractivity contribution is 5.73. The molecule has 17 heavy (non-hydrogen) atoms. The van der Waals surface area contributed by atoms with Gasteiger partial charge in [-0.25, -0.2) is 0 Å². The average Bonchev–Trinajstić information content (AvgIpc) is 2.28. The van der Waals surface area contributed by atoms with Gasteiger partial charge >= 0.3 is 5.97 Å². The second-order valence-corrected chi connectivity index (χ2v) is 4.76. The smallest absolute Gasteiger partial charge is 0.320 e. The van der Waals surface area contributed by atoms with Crippen LogP contribution in [0, 0.1) is 11.8 Å². The number of azide groups is 1. The van der Waals surface area contributed by atoms with Crippen LogP contribution in [-0.2, 0) is 4.79 Å². The number of nitrogens with zero attached hydrogens (tertiary/aromatic N) is 3. The number of hydrogen-bond donors (Lipinski definition) is 2. The Hall–Kier alpha value is -1.26. The van der Waals surface area contributed by atoms with Gasteiger partial charge in [-0.1, -0.05) is 24.9 Å². The second-order valence-electron chi connectivity index (χ2n) is 4.76. The minimum atomic E-state index is -0.801. The monoisotopic (exact) mass is 240 g/mol. The van der Waals surface area contributed by atoms with Crippen molar-refractivity contribution in [3.05, 3.63) is 10.4 Å². The lowest BCUT2D eigenvalue weighted by Crippen LogP contribution is -2.45. The molecule has 1 aliphatic carbocycles. The number of hydrogen-bond acceptors (Lipinski definition) is 3. The minimum absolute atomic E-state index is 0.197. The number of nitrogens with one attached hydrogen (secondary N) is 1. The molecule has 3 atom stereocenters. The molecule has 96 valence electrons. The lowest BCUT2D eigenvalue weighted by molar-refractivity contribution is -0.141. The van der Waals surface area contributed by atoms with Gasteiger partial charge in [0.05, 0.1) is 0 Å². The van der Waals surface area contributed by atoms with Gasteiger partial charge in [0.1, 0.15) is 6.04 Å². The maximum Gasteiger partial charge on any atom is 0.320 e. The van der Waals surface area contributed by atoms with Crippen LogP contribution in [0.3, 0.4) is 0 Å². The van der Waals surface area contributed by atoms with Gasteiger partial charge in [-0.05, 0) is 30.2 Å². The van der Waals surface area contributed by atoms with E-state index in [2.05, 4.69) is 22.3 Å². The fourth-order valence-electron chi connectivity index (χ4n) is 2.55. The first kappa shape index (κ1) is 13.8. The molecule has 3 unspecified atom stereocenters. The van der Waals surface area contributed by atoms with Crippen molar-refractivity contribution in [2.24, 2.45) is 17.0 Å². The van der Waals surface area contributed by atoms with Crippen LogP contribution in [0.15, 0.2) is 5.11 Å². The predicted molar refractivity (Wildman–Crippen MR) is 64.6 cm³/mol. The van der Waals surface area contributed by atoms with Crippen molar-refractivity contribution in [2.75, 3.05) is 13.1 Å². The van der Waals surface area contributed by atoms with Crippen molar-refractivity contribution in [1.82, 2.24) is 5.32 Å². The van der Waals surface area contributed by atoms with Crippen LogP contribution in [0.5, 0.6) is 0 Å². The Bertz CT molecular complexity index is 302. The van der Waals surface area contributed by atoms with Crippen LogP contribution in [0.1, 0.15) is 32.6 Å². The van der Waals surface area contributed by atoms with E-state index in [9.17, 15) is 9.90 Å². The van der Waals surface area contributed by atoms with Crippen LogP contribution < -0.4 is 5.32 Å². The SMILES string of the molecule is CC1CCCC(C(NCCN=[N+]=[N-])C(=O)O)C1. The maximum absolute atomic E-state index is 11.2. The fraction of sp³-hybridized carbons (Fsp3) is 0.909. The van der Waals surface area contributed by atoms with Crippen LogP contribution in [0.4, 0.5) is 0 Å². The van der Waals surface area contributed by atoms with Gasteiger partial charge in [-0.3, -0.25) is 4.79 Å². The van der Waals surface area contributed by atoms with Gasteiger partial charge < -0.3 is 10.4 Å². The van der Waals surface area contributed by atoms with Crippen molar-refractivity contribution >= 4 is 5.97 Å². The van der Waals surface area contributed by atoms with Gasteiger partial charge in [0.15, 0.2) is 0 Å². The Morgan fingerprint density at radius 1 is 1.65 bits per heavy atom. The van der Waals surface area contributed by atoms with Crippen LogP contribution in [-0.4, -0.2) is 30.2 Å². The molecule has 0 heterocycles. The summed E-state index contributed by atoms with van der Waals surface area (Å²) in [4.78, 5) is 13.8. The molecule has 1 aliphatic rings. The van der Waals surface area contributed by atoms with Crippen molar-refractivity contribution < 1.29 is 9.90 Å². The summed E-state index contributed by atoms with van der Waals surface area (Å²) in [5.74, 6) is 0.00174. The van der Waals surface area contributed by atoms with Gasteiger partial charge in [0.2, 0.25) is 0 Å². The van der Waals surface area contributed by atoms with Gasteiger partial charge in [-0.2, -0.15) is 0 Å². The number of carboxylic acids is 1. The van der Waals surface area contributed by atoms with Crippen molar-refractivity contribution in [3.8, 4) is 0 Å². The van der Waals surface area contributed by atoms with E-state index < -0.39 is 12.0 Å². The summed E-state index contributed by atoms with van der Waals surface area (Å²) in [6, 6.07) is -0.508. The van der Waals surface area contributed by atoms with Crippen molar-refractivity contribution in [2.45, 2.75) is 38.6 Å². The Morgan fingerprint density at radius 2 is 2.41 bits per heavy atom. The molecule has 0 amide bonds. The molecule has 0 aromatic rings. The molecule has 0 aromatic heterocycles. The Labute approximate surface area is 101 Å². The Balaban J connectivity index is 2.46. The molecule has 1 saturated carbocycles. The van der Waals surface area contributed by atoms with Crippen molar-refractivity contribution in [1.29, 1.82) is 0 Å². The second kappa shape index (κ2) is 7.14. The number of rotatable bonds is 6. The number of aliphatic carboxylic acids is 1. The largest absolute Gasteiger partial charge is 0.480 e. The third-order valence-corrected chi connectivity index (χ3v) is 3.35. The quantitative estimate of drug-likeness (QED) is 0.322. The summed E-state index contributed by atoms with van der Waals surface area (Å²) >= 11 is 0. The zero-order chi connectivity index (χ0) is 12.7. The summed E-state index contributed by atoms with van der Waals surface area (Å²) < 4.78 is 0. The third-order valence-electron chi connectivity index (χ3n) is 3.35. The number of carbonyl (C=O) groups is 1. The van der Waals surface area contributed by atoms with Crippen LogP contribution >= 0.6 is 0 Å². The molecule has 0 spiro atoms. The molecule has 1 fully saturated rings. The highest BCUT2D eigenvalue weighted by Crippen LogP contribution is 2.30. The maximum atomic E-state index is 11.2. The fourth-order valence-corrected chi connectivity index (χ4v) is 2.55. The Morgan fingerprint density at radius 3 is 3.00 bits per heavy atom. The molecule has 0 saturated heterocycles. The van der Waals surface area contributed by atoms with Gasteiger partial charge in [0.25, 0.3) is 0 Å². The molecule has 1 rings (SSSR count). The van der Waals surface area contributed by atoms with E-state index in [4.69, 9.17) is 5.53 Å². The predicted octanol–water partition coefficient (Wildman–Crippen LogP) is 2.17. The van der Waals surface area contributed by atoms with E-state index in [0.29, 0.717) is 19.0 Å². The first-order valence-corrected chi connectivity index (χ1v) is 6.12. The highest BCUT2D eigenvalue weighted by Gasteiger charge is 2.30. The van der Waals surface area contributed by atoms with Crippen LogP contribution in [0.25, 0.3) is 10.4 Å². The van der Waals surface area contributed by atoms with Crippen LogP contribution in [0.2, 0.25) is 0 Å². The molecular weight excluding hydrogens is 220 g/mol. The van der Waals surface area contributed by atoms with E-state index >= 15 is 0 Å². The van der Waals surface area contributed by atoms with Gasteiger partial charge in [0, 0.05) is 18.0 Å². The molecule has 6 nitrogen and oxygen atoms in total. The molecule has 0 radical (unpaired) electrons. The zero-order valence-electron chi connectivity index (χ0n) is 10.2. The molecule has 0 aliphatic heterocycles. The van der Waals surface area contributed by atoms with E-state index in [1.165, 1.54) is 6.42 Å². The summed E-state index contributed by atoms with van der Waals surface area (Å²) in [5, 5.41) is 15.6. The van der Waals surface area contributed by atoms with E-state index in [1.54, 1.807) is 0 Å². The average molecular weight is 240 g/mol. The lowest BCUT2D eigenvalue weighted by atomic mass is 9.78. The zero-order valence-corrected chi connectivity index (χ0v) is 10.2. The molecule has 6 heteroatoms. The Kier molecular flexibility index (Phi) is 5.80. The minimum Gasteiger partial charge on any atom is -0.480 e. The topological polar surface area (TPSA) is 98.1 Å². The molecule has 2 N–H and O–H groups in total. The normalized spacial score (nSPS) is 25.9. The summed E-state index contributed by atoms with van der Waals surface area (Å²) in [6.45, 7) is 2.89. The van der Waals surface area contributed by atoms with E-state index in [1.807, 2.05) is 0 Å². The highest BCUT2D eigenvalue weighted by atomic mass is 16.4. The molecule has 0 aromatic carbocycles. The lowest BCUT2D eigenvalue weighted by Gasteiger charge is -2.31. The first-order valence-electron chi connectivity index (χ1n) is 6.12. The molecular formula is C11H20N4O2. The van der Waals surface area contributed by atoms with E-state index in [-0.39, 0.29) is 5.92 Å². The number of carboxylic acid groups (broad SMARTS) is 1. The summed E-state index contributed by atoms with van der Waals surface area (Å²) in [6.07, 6.45) is 4.23. The van der Waals surface area contributed by atoms with E-state index in [0.717, 1.165) is 19.3 Å². The summed E-state index contributed by atoms with van der Waals surface area (Å²) in [7, 11) is 0.